The molecule has 1 N–H and O–H groups in total. The molecule has 0 fully saturated rings. The monoisotopic (exact) mass is 293 g/mol. The smallest absolute Gasteiger partial charge is 0.129 e. The average Bonchev–Trinajstić information content (AvgIpc) is 2.46. The molecule has 0 atom stereocenters. The van der Waals surface area contributed by atoms with Gasteiger partial charge in [0.25, 0.3) is 0 Å². The maximum atomic E-state index is 13.5. The first-order chi connectivity index (χ1) is 10.1. The molecule has 0 radical (unpaired) electrons. The Kier molecular flexibility index (Phi) is 9.32. The molecule has 120 valence electrons. The lowest BCUT2D eigenvalue weighted by atomic mass is 10.1. The van der Waals surface area contributed by atoms with Crippen LogP contribution in [-0.4, -0.2) is 6.54 Å². The van der Waals surface area contributed by atoms with Crippen LogP contribution in [-0.2, 0) is 6.54 Å². The van der Waals surface area contributed by atoms with Crippen LogP contribution in [0.4, 0.5) is 4.39 Å². The molecule has 0 heterocycles. The molecular weight excluding hydrogens is 261 g/mol. The van der Waals surface area contributed by atoms with Crippen LogP contribution in [0.3, 0.4) is 0 Å². The maximum absolute atomic E-state index is 13.5. The molecular formula is C19H32FN. The van der Waals surface area contributed by atoms with E-state index in [1.165, 1.54) is 56.9 Å². The van der Waals surface area contributed by atoms with Crippen LogP contribution in [0.5, 0.6) is 0 Å². The van der Waals surface area contributed by atoms with Gasteiger partial charge in [0.2, 0.25) is 0 Å². The lowest BCUT2D eigenvalue weighted by Gasteiger charge is -2.08. The third-order valence-corrected chi connectivity index (χ3v) is 4.03. The number of halogens is 1. The van der Waals surface area contributed by atoms with Crippen molar-refractivity contribution in [1.29, 1.82) is 0 Å². The molecule has 1 aromatic carbocycles. The zero-order valence-electron chi connectivity index (χ0n) is 14.1. The van der Waals surface area contributed by atoms with E-state index in [1.54, 1.807) is 0 Å². The first-order valence-electron chi connectivity index (χ1n) is 8.61. The standard InChI is InChI=1S/C19H32FN/c1-4-5-6-7-8-9-10-11-12-21-15-18-13-16(2)19(20)17(3)14-18/h13-14,21H,4-12,15H2,1-3H3. The Morgan fingerprint density at radius 1 is 0.857 bits per heavy atom. The molecule has 1 aromatic rings. The molecule has 0 amide bonds. The SMILES string of the molecule is CCCCCCCCCCNCc1cc(C)c(F)c(C)c1. The van der Waals surface area contributed by atoms with Gasteiger partial charge in [-0.3, -0.25) is 0 Å². The number of unbranched alkanes of at least 4 members (excludes halogenated alkanes) is 7. The molecule has 0 saturated heterocycles. The summed E-state index contributed by atoms with van der Waals surface area (Å²) in [5.74, 6) is -0.0678. The minimum absolute atomic E-state index is 0.0678. The van der Waals surface area contributed by atoms with Crippen molar-refractivity contribution in [1.82, 2.24) is 5.32 Å². The van der Waals surface area contributed by atoms with Gasteiger partial charge >= 0.3 is 0 Å². The largest absolute Gasteiger partial charge is 0.313 e. The van der Waals surface area contributed by atoms with Crippen molar-refractivity contribution in [3.8, 4) is 0 Å². The first-order valence-corrected chi connectivity index (χ1v) is 8.61. The molecule has 0 aliphatic rings. The highest BCUT2D eigenvalue weighted by molar-refractivity contribution is 5.30. The van der Waals surface area contributed by atoms with E-state index in [2.05, 4.69) is 12.2 Å². The third-order valence-electron chi connectivity index (χ3n) is 4.03. The second-order valence-electron chi connectivity index (χ2n) is 6.20. The zero-order chi connectivity index (χ0) is 15.5. The Bertz CT molecular complexity index is 378. The number of rotatable bonds is 11. The van der Waals surface area contributed by atoms with E-state index in [0.29, 0.717) is 0 Å². The van der Waals surface area contributed by atoms with Gasteiger partial charge in [-0.25, -0.2) is 4.39 Å². The van der Waals surface area contributed by atoms with Crippen LogP contribution in [0, 0.1) is 19.7 Å². The second-order valence-corrected chi connectivity index (χ2v) is 6.20. The van der Waals surface area contributed by atoms with E-state index in [4.69, 9.17) is 0 Å². The Labute approximate surface area is 130 Å². The minimum atomic E-state index is -0.0678. The summed E-state index contributed by atoms with van der Waals surface area (Å²) in [6.07, 6.45) is 10.8. The topological polar surface area (TPSA) is 12.0 Å². The van der Waals surface area contributed by atoms with Gasteiger partial charge in [0, 0.05) is 6.54 Å². The molecule has 0 saturated carbocycles. The van der Waals surface area contributed by atoms with Crippen LogP contribution < -0.4 is 5.32 Å². The van der Waals surface area contributed by atoms with E-state index >= 15 is 0 Å². The van der Waals surface area contributed by atoms with Crippen LogP contribution >= 0.6 is 0 Å². The number of nitrogens with one attached hydrogen (secondary N) is 1. The Balaban J connectivity index is 2.04. The summed E-state index contributed by atoms with van der Waals surface area (Å²) in [5, 5.41) is 3.46. The molecule has 1 rings (SSSR count). The second kappa shape index (κ2) is 10.8. The van der Waals surface area contributed by atoms with Gasteiger partial charge in [-0.1, -0.05) is 64.0 Å². The third kappa shape index (κ3) is 7.61. The number of benzene rings is 1. The zero-order valence-corrected chi connectivity index (χ0v) is 14.1. The lowest BCUT2D eigenvalue weighted by molar-refractivity contribution is 0.554. The molecule has 0 spiro atoms. The summed E-state index contributed by atoms with van der Waals surface area (Å²) in [6, 6.07) is 3.89. The summed E-state index contributed by atoms with van der Waals surface area (Å²) < 4.78 is 13.5. The summed E-state index contributed by atoms with van der Waals surface area (Å²) in [5.41, 5.74) is 2.68. The van der Waals surface area contributed by atoms with Crippen molar-refractivity contribution >= 4 is 0 Å². The molecule has 0 aliphatic carbocycles. The van der Waals surface area contributed by atoms with Gasteiger partial charge < -0.3 is 5.32 Å². The Hall–Kier alpha value is -0.890. The van der Waals surface area contributed by atoms with Gasteiger partial charge in [0.15, 0.2) is 0 Å². The van der Waals surface area contributed by atoms with Crippen molar-refractivity contribution in [2.24, 2.45) is 0 Å². The number of aryl methyl sites for hydroxylation is 2. The van der Waals surface area contributed by atoms with Crippen molar-refractivity contribution in [3.63, 3.8) is 0 Å². The molecule has 1 nitrogen and oxygen atoms in total. The van der Waals surface area contributed by atoms with E-state index in [0.717, 1.165) is 24.2 Å². The molecule has 0 aromatic heterocycles. The maximum Gasteiger partial charge on any atom is 0.129 e. The number of hydrogen-bond acceptors (Lipinski definition) is 1. The van der Waals surface area contributed by atoms with E-state index in [9.17, 15) is 4.39 Å². The van der Waals surface area contributed by atoms with Crippen molar-refractivity contribution in [3.05, 3.63) is 34.6 Å². The predicted molar refractivity (Wildman–Crippen MR) is 90.2 cm³/mol. The molecule has 2 heteroatoms. The minimum Gasteiger partial charge on any atom is -0.313 e. The van der Waals surface area contributed by atoms with Gasteiger partial charge in [-0.15, -0.1) is 0 Å². The fourth-order valence-electron chi connectivity index (χ4n) is 2.75. The van der Waals surface area contributed by atoms with Crippen molar-refractivity contribution in [2.45, 2.75) is 78.7 Å². The highest BCUT2D eigenvalue weighted by Gasteiger charge is 2.03. The van der Waals surface area contributed by atoms with Crippen LogP contribution in [0.25, 0.3) is 0 Å². The van der Waals surface area contributed by atoms with Gasteiger partial charge in [-0.2, -0.15) is 0 Å². The lowest BCUT2D eigenvalue weighted by Crippen LogP contribution is -2.15. The normalized spacial score (nSPS) is 11.0. The van der Waals surface area contributed by atoms with E-state index < -0.39 is 0 Å². The predicted octanol–water partition coefficient (Wildman–Crippen LogP) is 5.67. The highest BCUT2D eigenvalue weighted by atomic mass is 19.1. The average molecular weight is 293 g/mol. The quantitative estimate of drug-likeness (QED) is 0.518. The molecule has 0 unspecified atom stereocenters. The van der Waals surface area contributed by atoms with Crippen LogP contribution in [0.1, 0.15) is 75.0 Å². The fraction of sp³-hybridized carbons (Fsp3) is 0.684. The van der Waals surface area contributed by atoms with Gasteiger partial charge in [0.05, 0.1) is 0 Å². The molecule has 21 heavy (non-hydrogen) atoms. The Morgan fingerprint density at radius 3 is 1.95 bits per heavy atom. The van der Waals surface area contributed by atoms with Gasteiger partial charge in [0.1, 0.15) is 5.82 Å². The Morgan fingerprint density at radius 2 is 1.38 bits per heavy atom. The van der Waals surface area contributed by atoms with E-state index in [-0.39, 0.29) is 5.82 Å². The van der Waals surface area contributed by atoms with Gasteiger partial charge in [-0.05, 0) is 43.5 Å². The summed E-state index contributed by atoms with van der Waals surface area (Å²) in [4.78, 5) is 0. The first kappa shape index (κ1) is 18.2. The van der Waals surface area contributed by atoms with Crippen LogP contribution in [0.15, 0.2) is 12.1 Å². The van der Waals surface area contributed by atoms with E-state index in [1.807, 2.05) is 26.0 Å². The molecule has 0 bridgehead atoms. The highest BCUT2D eigenvalue weighted by Crippen LogP contribution is 2.14. The summed E-state index contributed by atoms with van der Waals surface area (Å²) >= 11 is 0. The van der Waals surface area contributed by atoms with Crippen molar-refractivity contribution in [2.75, 3.05) is 6.54 Å². The number of hydrogen-bond donors (Lipinski definition) is 1. The van der Waals surface area contributed by atoms with Crippen LogP contribution in [0.2, 0.25) is 0 Å². The summed E-state index contributed by atoms with van der Waals surface area (Å²) in [7, 11) is 0. The van der Waals surface area contributed by atoms with Crippen molar-refractivity contribution < 1.29 is 4.39 Å². The molecule has 0 aliphatic heterocycles. The fourth-order valence-corrected chi connectivity index (χ4v) is 2.75. The summed E-state index contributed by atoms with van der Waals surface area (Å²) in [6.45, 7) is 7.84.